The van der Waals surface area contributed by atoms with Crippen LogP contribution < -0.4 is 0 Å². The Hall–Kier alpha value is -1.28. The van der Waals surface area contributed by atoms with Crippen LogP contribution in [0.4, 0.5) is 0 Å². The van der Waals surface area contributed by atoms with Crippen LogP contribution in [-0.2, 0) is 6.67 Å². The number of fused-ring (bicyclic) bond motifs is 1. The van der Waals surface area contributed by atoms with Crippen molar-refractivity contribution in [2.24, 2.45) is 0 Å². The molecule has 0 spiro atoms. The highest BCUT2D eigenvalue weighted by molar-refractivity contribution is 5.79. The van der Waals surface area contributed by atoms with Gasteiger partial charge < -0.3 is 4.57 Å². The van der Waals surface area contributed by atoms with Gasteiger partial charge in [-0.05, 0) is 23.9 Å². The van der Waals surface area contributed by atoms with Gasteiger partial charge in [-0.3, -0.25) is 4.90 Å². The summed E-state index contributed by atoms with van der Waals surface area (Å²) in [5.41, 5.74) is 1.35. The van der Waals surface area contributed by atoms with Crippen LogP contribution in [0.1, 0.15) is 6.42 Å². The van der Waals surface area contributed by atoms with Gasteiger partial charge in [-0.2, -0.15) is 0 Å². The van der Waals surface area contributed by atoms with Crippen LogP contribution in [0.15, 0.2) is 36.5 Å². The van der Waals surface area contributed by atoms with E-state index < -0.39 is 0 Å². The maximum atomic E-state index is 2.46. The van der Waals surface area contributed by atoms with Gasteiger partial charge in [0.05, 0.1) is 6.67 Å². The molecule has 1 saturated heterocycles. The fourth-order valence-corrected chi connectivity index (χ4v) is 2.00. The van der Waals surface area contributed by atoms with Gasteiger partial charge in [0, 0.05) is 24.8 Å². The minimum absolute atomic E-state index is 1.05. The molecule has 1 aliphatic heterocycles. The molecule has 2 heteroatoms. The second kappa shape index (κ2) is 3.14. The summed E-state index contributed by atoms with van der Waals surface area (Å²) >= 11 is 0. The Labute approximate surface area is 83.7 Å². The molecule has 1 aromatic heterocycles. The van der Waals surface area contributed by atoms with Crippen LogP contribution in [0.3, 0.4) is 0 Å². The molecule has 1 aliphatic rings. The molecule has 0 N–H and O–H groups in total. The van der Waals surface area contributed by atoms with Crippen molar-refractivity contribution in [1.82, 2.24) is 9.47 Å². The summed E-state index contributed by atoms with van der Waals surface area (Å²) in [4.78, 5) is 2.46. The van der Waals surface area contributed by atoms with E-state index in [9.17, 15) is 0 Å². The van der Waals surface area contributed by atoms with Gasteiger partial charge in [-0.1, -0.05) is 18.2 Å². The second-order valence-corrected chi connectivity index (χ2v) is 3.96. The van der Waals surface area contributed by atoms with Crippen molar-refractivity contribution < 1.29 is 0 Å². The first-order valence-electron chi connectivity index (χ1n) is 5.20. The molecule has 0 unspecified atom stereocenters. The third-order valence-corrected chi connectivity index (χ3v) is 2.98. The van der Waals surface area contributed by atoms with Crippen molar-refractivity contribution in [2.45, 2.75) is 13.1 Å². The molecular weight excluding hydrogens is 172 g/mol. The van der Waals surface area contributed by atoms with Crippen LogP contribution in [0.5, 0.6) is 0 Å². The van der Waals surface area contributed by atoms with Crippen molar-refractivity contribution in [3.63, 3.8) is 0 Å². The smallest absolute Gasteiger partial charge is 0.0751 e. The second-order valence-electron chi connectivity index (χ2n) is 3.96. The summed E-state index contributed by atoms with van der Waals surface area (Å²) < 4.78 is 2.33. The fraction of sp³-hybridized carbons (Fsp3) is 0.333. The molecule has 2 nitrogen and oxygen atoms in total. The van der Waals surface area contributed by atoms with E-state index in [1.54, 1.807) is 0 Å². The highest BCUT2D eigenvalue weighted by Gasteiger charge is 2.13. The van der Waals surface area contributed by atoms with E-state index in [0.717, 1.165) is 6.67 Å². The molecule has 0 radical (unpaired) electrons. The van der Waals surface area contributed by atoms with E-state index in [4.69, 9.17) is 0 Å². The van der Waals surface area contributed by atoms with E-state index in [-0.39, 0.29) is 0 Å². The summed E-state index contributed by atoms with van der Waals surface area (Å²) in [5, 5.41) is 1.34. The van der Waals surface area contributed by atoms with Crippen LogP contribution in [0.25, 0.3) is 10.9 Å². The lowest BCUT2D eigenvalue weighted by molar-refractivity contribution is 0.139. The molecule has 0 bridgehead atoms. The van der Waals surface area contributed by atoms with Gasteiger partial charge in [-0.25, -0.2) is 0 Å². The Balaban J connectivity index is 1.95. The molecule has 72 valence electrons. The lowest BCUT2D eigenvalue weighted by atomic mass is 10.2. The molecule has 14 heavy (non-hydrogen) atoms. The topological polar surface area (TPSA) is 8.17 Å². The molecule has 1 fully saturated rings. The highest BCUT2D eigenvalue weighted by atomic mass is 15.3. The van der Waals surface area contributed by atoms with Gasteiger partial charge in [0.1, 0.15) is 0 Å². The molecule has 2 heterocycles. The third kappa shape index (κ3) is 1.23. The molecular formula is C12H14N2. The lowest BCUT2D eigenvalue weighted by Crippen LogP contribution is -2.38. The lowest BCUT2D eigenvalue weighted by Gasteiger charge is -2.31. The highest BCUT2D eigenvalue weighted by Crippen LogP contribution is 2.17. The SMILES string of the molecule is c1ccc2c(c1)ccn2CN1CCC1. The minimum atomic E-state index is 1.05. The molecule has 3 rings (SSSR count). The number of hydrogen-bond acceptors (Lipinski definition) is 1. The minimum Gasteiger partial charge on any atom is -0.334 e. The zero-order valence-corrected chi connectivity index (χ0v) is 8.19. The molecule has 0 aliphatic carbocycles. The van der Waals surface area contributed by atoms with E-state index in [1.165, 1.54) is 30.4 Å². The van der Waals surface area contributed by atoms with Gasteiger partial charge in [0.25, 0.3) is 0 Å². The van der Waals surface area contributed by atoms with E-state index in [2.05, 4.69) is 46.0 Å². The quantitative estimate of drug-likeness (QED) is 0.698. The number of likely N-dealkylation sites (tertiary alicyclic amines) is 1. The number of aromatic nitrogens is 1. The van der Waals surface area contributed by atoms with Crippen LogP contribution in [0, 0.1) is 0 Å². The first kappa shape index (κ1) is 8.06. The maximum absolute atomic E-state index is 2.46. The van der Waals surface area contributed by atoms with Crippen molar-refractivity contribution in [3.8, 4) is 0 Å². The number of benzene rings is 1. The van der Waals surface area contributed by atoms with E-state index in [0.29, 0.717) is 0 Å². The van der Waals surface area contributed by atoms with Crippen molar-refractivity contribution in [2.75, 3.05) is 13.1 Å². The standard InChI is InChI=1S/C12H14N2/c1-2-5-12-11(4-1)6-9-14(12)10-13-7-3-8-13/h1-2,4-6,9H,3,7-8,10H2. The zero-order valence-electron chi connectivity index (χ0n) is 8.19. The average molecular weight is 186 g/mol. The summed E-state index contributed by atoms with van der Waals surface area (Å²) in [6.07, 6.45) is 3.54. The van der Waals surface area contributed by atoms with Crippen LogP contribution in [0.2, 0.25) is 0 Å². The van der Waals surface area contributed by atoms with E-state index >= 15 is 0 Å². The Morgan fingerprint density at radius 2 is 1.93 bits per heavy atom. The molecule has 0 amide bonds. The third-order valence-electron chi connectivity index (χ3n) is 2.98. The monoisotopic (exact) mass is 186 g/mol. The van der Waals surface area contributed by atoms with Gasteiger partial charge >= 0.3 is 0 Å². The summed E-state index contributed by atoms with van der Waals surface area (Å²) in [5.74, 6) is 0. The maximum Gasteiger partial charge on any atom is 0.0751 e. The number of para-hydroxylation sites is 1. The summed E-state index contributed by atoms with van der Waals surface area (Å²) in [6, 6.07) is 10.7. The number of rotatable bonds is 2. The number of nitrogens with zero attached hydrogens (tertiary/aromatic N) is 2. The zero-order chi connectivity index (χ0) is 9.38. The number of hydrogen-bond donors (Lipinski definition) is 0. The van der Waals surface area contributed by atoms with Crippen molar-refractivity contribution in [3.05, 3.63) is 36.5 Å². The molecule has 2 aromatic rings. The summed E-state index contributed by atoms with van der Waals surface area (Å²) in [6.45, 7) is 3.56. The van der Waals surface area contributed by atoms with Gasteiger partial charge in [0.2, 0.25) is 0 Å². The first-order valence-corrected chi connectivity index (χ1v) is 5.20. The Bertz CT molecular complexity index is 440. The Morgan fingerprint density at radius 1 is 1.07 bits per heavy atom. The predicted octanol–water partition coefficient (Wildman–Crippen LogP) is 2.30. The average Bonchev–Trinajstić information content (AvgIpc) is 2.55. The van der Waals surface area contributed by atoms with Gasteiger partial charge in [0.15, 0.2) is 0 Å². The Kier molecular flexibility index (Phi) is 1.81. The fourth-order valence-electron chi connectivity index (χ4n) is 2.00. The summed E-state index contributed by atoms with van der Waals surface area (Å²) in [7, 11) is 0. The predicted molar refractivity (Wildman–Crippen MR) is 58.1 cm³/mol. The largest absolute Gasteiger partial charge is 0.334 e. The first-order chi connectivity index (χ1) is 6.93. The van der Waals surface area contributed by atoms with Gasteiger partial charge in [-0.15, -0.1) is 0 Å². The van der Waals surface area contributed by atoms with Crippen LogP contribution >= 0.6 is 0 Å². The molecule has 0 atom stereocenters. The molecule has 0 saturated carbocycles. The van der Waals surface area contributed by atoms with Crippen molar-refractivity contribution in [1.29, 1.82) is 0 Å². The molecule has 1 aromatic carbocycles. The van der Waals surface area contributed by atoms with Crippen LogP contribution in [-0.4, -0.2) is 22.6 Å². The van der Waals surface area contributed by atoms with E-state index in [1.807, 2.05) is 0 Å². The Morgan fingerprint density at radius 3 is 2.71 bits per heavy atom. The normalized spacial score (nSPS) is 17.1. The van der Waals surface area contributed by atoms with Crippen molar-refractivity contribution >= 4 is 10.9 Å².